The van der Waals surface area contributed by atoms with E-state index in [1.165, 1.54) is 0 Å². The summed E-state index contributed by atoms with van der Waals surface area (Å²) in [5, 5.41) is 11.7. The quantitative estimate of drug-likeness (QED) is 0.774. The van der Waals surface area contributed by atoms with Gasteiger partial charge in [-0.05, 0) is 26.3 Å². The Kier molecular flexibility index (Phi) is 3.11. The molecule has 8 nitrogen and oxygen atoms in total. The van der Waals surface area contributed by atoms with Crippen LogP contribution in [0.5, 0.6) is 0 Å². The van der Waals surface area contributed by atoms with Crippen LogP contribution in [0.15, 0.2) is 6.07 Å². The van der Waals surface area contributed by atoms with Crippen LogP contribution < -0.4 is 0 Å². The Morgan fingerprint density at radius 2 is 2.23 bits per heavy atom. The molecule has 3 aromatic rings. The van der Waals surface area contributed by atoms with Crippen molar-refractivity contribution in [3.8, 4) is 0 Å². The van der Waals surface area contributed by atoms with E-state index in [1.54, 1.807) is 4.52 Å². The molecule has 1 atom stereocenters. The summed E-state index contributed by atoms with van der Waals surface area (Å²) >= 11 is 0. The molecule has 0 spiro atoms. The minimum atomic E-state index is 0.297. The molecule has 0 saturated carbocycles. The van der Waals surface area contributed by atoms with Gasteiger partial charge in [-0.1, -0.05) is 0 Å². The van der Waals surface area contributed by atoms with Crippen LogP contribution >= 0.6 is 0 Å². The normalized spacial score (nSPS) is 18.4. The van der Waals surface area contributed by atoms with Crippen LogP contribution in [0.25, 0.3) is 5.78 Å². The smallest absolute Gasteiger partial charge is 0.252 e. The van der Waals surface area contributed by atoms with Crippen molar-refractivity contribution < 1.29 is 4.74 Å². The Balaban J connectivity index is 1.59. The van der Waals surface area contributed by atoms with E-state index in [1.807, 2.05) is 19.9 Å². The molecule has 1 saturated heterocycles. The van der Waals surface area contributed by atoms with E-state index in [2.05, 4.69) is 30.2 Å². The van der Waals surface area contributed by atoms with Gasteiger partial charge in [0.1, 0.15) is 5.82 Å². The first-order chi connectivity index (χ1) is 10.7. The first kappa shape index (κ1) is 13.3. The number of fused-ring (bicyclic) bond motifs is 1. The van der Waals surface area contributed by atoms with Gasteiger partial charge in [0.25, 0.3) is 5.78 Å². The van der Waals surface area contributed by atoms with Gasteiger partial charge in [0.05, 0.1) is 13.0 Å². The molecule has 1 N–H and O–H groups in total. The first-order valence-electron chi connectivity index (χ1n) is 7.38. The predicted octanol–water partition coefficient (Wildman–Crippen LogP) is 0.954. The number of ether oxygens (including phenoxy) is 1. The standard InChI is InChI=1S/C14H17N7O/c1-8-5-9(2)21-14(15-8)17-12(20-21)6-11-16-13(19-18-11)10-3-4-22-7-10/h5,10H,3-4,6-7H2,1-2H3,(H,16,18,19)/t10-/m0/s1. The second-order valence-electron chi connectivity index (χ2n) is 5.66. The lowest BCUT2D eigenvalue weighted by atomic mass is 10.1. The van der Waals surface area contributed by atoms with E-state index in [9.17, 15) is 0 Å². The number of nitrogens with one attached hydrogen (secondary N) is 1. The summed E-state index contributed by atoms with van der Waals surface area (Å²) in [7, 11) is 0. The number of aromatic amines is 1. The minimum Gasteiger partial charge on any atom is -0.381 e. The molecule has 0 bridgehead atoms. The topological polar surface area (TPSA) is 93.9 Å². The van der Waals surface area contributed by atoms with Gasteiger partial charge < -0.3 is 4.74 Å². The molecule has 0 aliphatic carbocycles. The van der Waals surface area contributed by atoms with Gasteiger partial charge in [0.2, 0.25) is 0 Å². The summed E-state index contributed by atoms with van der Waals surface area (Å²) in [6, 6.07) is 1.98. The minimum absolute atomic E-state index is 0.297. The summed E-state index contributed by atoms with van der Waals surface area (Å²) < 4.78 is 7.13. The van der Waals surface area contributed by atoms with Gasteiger partial charge in [0, 0.05) is 23.9 Å². The maximum absolute atomic E-state index is 5.37. The van der Waals surface area contributed by atoms with Gasteiger partial charge >= 0.3 is 0 Å². The molecule has 22 heavy (non-hydrogen) atoms. The van der Waals surface area contributed by atoms with Crippen LogP contribution in [0.1, 0.15) is 41.2 Å². The fourth-order valence-corrected chi connectivity index (χ4v) is 2.74. The van der Waals surface area contributed by atoms with E-state index in [-0.39, 0.29) is 0 Å². The van der Waals surface area contributed by atoms with Crippen LogP contribution in [-0.2, 0) is 11.2 Å². The number of aryl methyl sites for hydroxylation is 2. The molecule has 4 rings (SSSR count). The summed E-state index contributed by atoms with van der Waals surface area (Å²) in [5.41, 5.74) is 1.95. The highest BCUT2D eigenvalue weighted by molar-refractivity contribution is 5.31. The van der Waals surface area contributed by atoms with Gasteiger partial charge in [-0.3, -0.25) is 5.10 Å². The molecule has 0 radical (unpaired) electrons. The molecule has 1 aliphatic rings. The SMILES string of the molecule is Cc1cc(C)n2nc(Cc3nc([C@H]4CCOC4)n[nH]3)nc2n1. The molecule has 1 aliphatic heterocycles. The third-order valence-corrected chi connectivity index (χ3v) is 3.83. The Bertz CT molecular complexity index is 816. The lowest BCUT2D eigenvalue weighted by molar-refractivity contribution is 0.193. The number of aromatic nitrogens is 7. The molecular formula is C14H17N7O. The van der Waals surface area contributed by atoms with E-state index in [0.717, 1.165) is 36.1 Å². The molecule has 8 heteroatoms. The zero-order valence-corrected chi connectivity index (χ0v) is 12.6. The fraction of sp³-hybridized carbons (Fsp3) is 0.500. The van der Waals surface area contributed by atoms with Gasteiger partial charge in [-0.15, -0.1) is 5.10 Å². The average Bonchev–Trinajstić information content (AvgIpc) is 3.17. The van der Waals surface area contributed by atoms with E-state index < -0.39 is 0 Å². The highest BCUT2D eigenvalue weighted by Gasteiger charge is 2.22. The van der Waals surface area contributed by atoms with E-state index in [4.69, 9.17) is 4.74 Å². The number of hydrogen-bond acceptors (Lipinski definition) is 6. The van der Waals surface area contributed by atoms with Crippen LogP contribution in [0, 0.1) is 13.8 Å². The lowest BCUT2D eigenvalue weighted by Gasteiger charge is -1.98. The van der Waals surface area contributed by atoms with Crippen molar-refractivity contribution in [2.24, 2.45) is 0 Å². The Morgan fingerprint density at radius 1 is 1.32 bits per heavy atom. The van der Waals surface area contributed by atoms with Crippen LogP contribution in [0.3, 0.4) is 0 Å². The predicted molar refractivity (Wildman–Crippen MR) is 77.6 cm³/mol. The molecule has 0 aromatic carbocycles. The molecule has 0 amide bonds. The zero-order chi connectivity index (χ0) is 15.1. The Hall–Kier alpha value is -2.35. The van der Waals surface area contributed by atoms with Crippen molar-refractivity contribution in [2.45, 2.75) is 32.6 Å². The van der Waals surface area contributed by atoms with Crippen molar-refractivity contribution in [1.29, 1.82) is 0 Å². The van der Waals surface area contributed by atoms with E-state index in [0.29, 0.717) is 30.5 Å². The number of rotatable bonds is 3. The average molecular weight is 299 g/mol. The fourth-order valence-electron chi connectivity index (χ4n) is 2.74. The van der Waals surface area contributed by atoms with Gasteiger partial charge in [0.15, 0.2) is 11.6 Å². The highest BCUT2D eigenvalue weighted by atomic mass is 16.5. The summed E-state index contributed by atoms with van der Waals surface area (Å²) in [6.07, 6.45) is 1.49. The number of H-pyrrole nitrogens is 1. The van der Waals surface area contributed by atoms with Gasteiger partial charge in [-0.25, -0.2) is 14.5 Å². The van der Waals surface area contributed by atoms with Crippen LogP contribution in [0.2, 0.25) is 0 Å². The monoisotopic (exact) mass is 299 g/mol. The van der Waals surface area contributed by atoms with Crippen molar-refractivity contribution in [3.05, 3.63) is 34.9 Å². The Labute approximate surface area is 127 Å². The van der Waals surface area contributed by atoms with Crippen molar-refractivity contribution in [2.75, 3.05) is 13.2 Å². The summed E-state index contributed by atoms with van der Waals surface area (Å²) in [6.45, 7) is 5.43. The van der Waals surface area contributed by atoms with E-state index >= 15 is 0 Å². The number of nitrogens with zero attached hydrogens (tertiary/aromatic N) is 6. The van der Waals surface area contributed by atoms with Gasteiger partial charge in [-0.2, -0.15) is 10.1 Å². The van der Waals surface area contributed by atoms with Crippen molar-refractivity contribution in [3.63, 3.8) is 0 Å². The molecular weight excluding hydrogens is 282 g/mol. The first-order valence-corrected chi connectivity index (χ1v) is 7.38. The van der Waals surface area contributed by atoms with Crippen molar-refractivity contribution >= 4 is 5.78 Å². The summed E-state index contributed by atoms with van der Waals surface area (Å²) in [5.74, 6) is 3.20. The Morgan fingerprint density at radius 3 is 3.05 bits per heavy atom. The van der Waals surface area contributed by atoms with Crippen LogP contribution in [0.4, 0.5) is 0 Å². The third-order valence-electron chi connectivity index (χ3n) is 3.83. The van der Waals surface area contributed by atoms with Crippen LogP contribution in [-0.4, -0.2) is 48.0 Å². The maximum Gasteiger partial charge on any atom is 0.252 e. The molecule has 114 valence electrons. The highest BCUT2D eigenvalue weighted by Crippen LogP contribution is 2.22. The second kappa shape index (κ2) is 5.13. The van der Waals surface area contributed by atoms with Crippen molar-refractivity contribution in [1.82, 2.24) is 34.8 Å². The molecule has 0 unspecified atom stereocenters. The third kappa shape index (κ3) is 2.35. The second-order valence-corrected chi connectivity index (χ2v) is 5.66. The lowest BCUT2D eigenvalue weighted by Crippen LogP contribution is -2.00. The molecule has 4 heterocycles. The molecule has 1 fully saturated rings. The summed E-state index contributed by atoms with van der Waals surface area (Å²) in [4.78, 5) is 13.4. The number of hydrogen-bond donors (Lipinski definition) is 1. The zero-order valence-electron chi connectivity index (χ0n) is 12.6. The largest absolute Gasteiger partial charge is 0.381 e. The maximum atomic E-state index is 5.37. The molecule has 3 aromatic heterocycles.